The Morgan fingerprint density at radius 1 is 1.00 bits per heavy atom. The zero-order chi connectivity index (χ0) is 25.3. The lowest BCUT2D eigenvalue weighted by Crippen LogP contribution is -2.48. The van der Waals surface area contributed by atoms with Crippen molar-refractivity contribution < 1.29 is 18.0 Å². The second kappa shape index (κ2) is 12.9. The van der Waals surface area contributed by atoms with Gasteiger partial charge in [-0.3, -0.25) is 9.59 Å². The Kier molecular flexibility index (Phi) is 10.5. The number of carbonyl (C=O) groups excluding carboxylic acids is 2. The lowest BCUT2D eigenvalue weighted by atomic mass is 10.1. The van der Waals surface area contributed by atoms with E-state index in [0.29, 0.717) is 18.0 Å². The normalized spacial score (nSPS) is 12.6. The van der Waals surface area contributed by atoms with Gasteiger partial charge in [0.1, 0.15) is 6.04 Å². The first-order chi connectivity index (χ1) is 16.0. The van der Waals surface area contributed by atoms with Gasteiger partial charge >= 0.3 is 0 Å². The van der Waals surface area contributed by atoms with Crippen LogP contribution in [0.3, 0.4) is 0 Å². The molecule has 0 spiro atoms. The van der Waals surface area contributed by atoms with Crippen molar-refractivity contribution >= 4 is 33.4 Å². The van der Waals surface area contributed by atoms with Crippen LogP contribution in [0.1, 0.15) is 39.2 Å². The Bertz CT molecular complexity index is 1060. The first-order valence-electron chi connectivity index (χ1n) is 11.4. The van der Waals surface area contributed by atoms with Gasteiger partial charge < -0.3 is 10.2 Å². The van der Waals surface area contributed by atoms with Crippen LogP contribution in [0.5, 0.6) is 0 Å². The number of carbonyl (C=O) groups is 2. The fraction of sp³-hybridized carbons (Fsp3) is 0.440. The molecule has 7 nitrogen and oxygen atoms in total. The molecule has 0 saturated heterocycles. The fourth-order valence-electron chi connectivity index (χ4n) is 3.33. The van der Waals surface area contributed by atoms with E-state index in [-0.39, 0.29) is 42.1 Å². The third-order valence-electron chi connectivity index (χ3n) is 5.47. The molecule has 0 aliphatic rings. The highest BCUT2D eigenvalue weighted by Gasteiger charge is 2.27. The largest absolute Gasteiger partial charge is 0.354 e. The van der Waals surface area contributed by atoms with Crippen molar-refractivity contribution in [1.82, 2.24) is 14.5 Å². The number of nitrogens with zero attached hydrogens (tertiary/aromatic N) is 2. The molecule has 2 rings (SSSR count). The monoisotopic (exact) mass is 507 g/mol. The highest BCUT2D eigenvalue weighted by atomic mass is 35.5. The minimum absolute atomic E-state index is 0.0981. The number of nitrogens with one attached hydrogen (secondary N) is 1. The van der Waals surface area contributed by atoms with Crippen LogP contribution in [0.25, 0.3) is 0 Å². The summed E-state index contributed by atoms with van der Waals surface area (Å²) in [6.07, 6.45) is 0.418. The Morgan fingerprint density at radius 3 is 2.24 bits per heavy atom. The minimum atomic E-state index is -3.63. The molecule has 9 heteroatoms. The molecule has 2 aromatic carbocycles. The lowest BCUT2D eigenvalue weighted by molar-refractivity contribution is -0.140. The van der Waals surface area contributed by atoms with Gasteiger partial charge in [-0.05, 0) is 43.0 Å². The Labute approximate surface area is 208 Å². The first kappa shape index (κ1) is 27.8. The molecule has 1 N–H and O–H groups in total. The van der Waals surface area contributed by atoms with Crippen LogP contribution < -0.4 is 5.32 Å². The standard InChI is InChI=1S/C25H34ClN3O4S/c1-19(2)17-27-25(31)20(3)29(18-21-11-8-9-14-23(21)26)24(30)15-10-16-28(4)34(32,33)22-12-6-5-7-13-22/h5-9,11-14,19-20H,10,15-18H2,1-4H3,(H,27,31). The van der Waals surface area contributed by atoms with Crippen LogP contribution in [0.4, 0.5) is 0 Å². The van der Waals surface area contributed by atoms with E-state index in [9.17, 15) is 18.0 Å². The summed E-state index contributed by atoms with van der Waals surface area (Å²) in [6, 6.07) is 14.7. The number of rotatable bonds is 12. The van der Waals surface area contributed by atoms with E-state index in [1.807, 2.05) is 26.0 Å². The van der Waals surface area contributed by atoms with Gasteiger partial charge in [0, 0.05) is 38.1 Å². The topological polar surface area (TPSA) is 86.8 Å². The zero-order valence-corrected chi connectivity index (χ0v) is 21.8. The van der Waals surface area contributed by atoms with Gasteiger partial charge in [-0.2, -0.15) is 0 Å². The van der Waals surface area contributed by atoms with E-state index in [1.165, 1.54) is 16.3 Å². The Morgan fingerprint density at radius 2 is 1.62 bits per heavy atom. The molecule has 0 heterocycles. The maximum atomic E-state index is 13.2. The van der Waals surface area contributed by atoms with Crippen LogP contribution in [-0.2, 0) is 26.2 Å². The Hall–Kier alpha value is -2.42. The van der Waals surface area contributed by atoms with Gasteiger partial charge in [-0.1, -0.05) is 61.8 Å². The zero-order valence-electron chi connectivity index (χ0n) is 20.2. The number of benzene rings is 2. The van der Waals surface area contributed by atoms with Crippen LogP contribution in [0.15, 0.2) is 59.5 Å². The van der Waals surface area contributed by atoms with Crippen molar-refractivity contribution in [3.05, 3.63) is 65.2 Å². The third kappa shape index (κ3) is 7.82. The molecule has 1 unspecified atom stereocenters. The second-order valence-electron chi connectivity index (χ2n) is 8.67. The smallest absolute Gasteiger partial charge is 0.242 e. The summed E-state index contributed by atoms with van der Waals surface area (Å²) in [5.41, 5.74) is 0.741. The van der Waals surface area contributed by atoms with E-state index in [4.69, 9.17) is 11.6 Å². The molecular formula is C25H34ClN3O4S. The molecule has 34 heavy (non-hydrogen) atoms. The van der Waals surface area contributed by atoms with E-state index < -0.39 is 16.1 Å². The number of hydrogen-bond acceptors (Lipinski definition) is 4. The third-order valence-corrected chi connectivity index (χ3v) is 7.71. The van der Waals surface area contributed by atoms with Crippen molar-refractivity contribution in [2.75, 3.05) is 20.1 Å². The van der Waals surface area contributed by atoms with E-state index in [2.05, 4.69) is 5.32 Å². The molecule has 0 bridgehead atoms. The van der Waals surface area contributed by atoms with Gasteiger partial charge in [0.25, 0.3) is 0 Å². The van der Waals surface area contributed by atoms with Crippen LogP contribution in [-0.4, -0.2) is 55.6 Å². The van der Waals surface area contributed by atoms with Crippen molar-refractivity contribution in [2.45, 2.75) is 51.1 Å². The molecule has 2 amide bonds. The molecule has 0 aliphatic heterocycles. The van der Waals surface area contributed by atoms with Gasteiger partial charge in [0.15, 0.2) is 0 Å². The van der Waals surface area contributed by atoms with Crippen molar-refractivity contribution in [1.29, 1.82) is 0 Å². The molecule has 186 valence electrons. The van der Waals surface area contributed by atoms with E-state index in [1.54, 1.807) is 49.4 Å². The van der Waals surface area contributed by atoms with Crippen molar-refractivity contribution in [3.63, 3.8) is 0 Å². The van der Waals surface area contributed by atoms with Crippen LogP contribution in [0.2, 0.25) is 5.02 Å². The quantitative estimate of drug-likeness (QED) is 0.471. The predicted molar refractivity (Wildman–Crippen MR) is 135 cm³/mol. The molecular weight excluding hydrogens is 474 g/mol. The number of halogens is 1. The van der Waals surface area contributed by atoms with Crippen LogP contribution >= 0.6 is 11.6 Å². The summed E-state index contributed by atoms with van der Waals surface area (Å²) in [5, 5.41) is 3.39. The fourth-order valence-corrected chi connectivity index (χ4v) is 4.76. The highest BCUT2D eigenvalue weighted by molar-refractivity contribution is 7.89. The van der Waals surface area contributed by atoms with Gasteiger partial charge in [0.05, 0.1) is 4.90 Å². The molecule has 0 aromatic heterocycles. The predicted octanol–water partition coefficient (Wildman–Crippen LogP) is 3.93. The summed E-state index contributed by atoms with van der Waals surface area (Å²) < 4.78 is 26.7. The van der Waals surface area contributed by atoms with Gasteiger partial charge in [-0.15, -0.1) is 0 Å². The van der Waals surface area contributed by atoms with Crippen LogP contribution in [0, 0.1) is 5.92 Å². The second-order valence-corrected chi connectivity index (χ2v) is 11.1. The average Bonchev–Trinajstić information content (AvgIpc) is 2.81. The van der Waals surface area contributed by atoms with Gasteiger partial charge in [0.2, 0.25) is 21.8 Å². The number of sulfonamides is 1. The number of hydrogen-bond donors (Lipinski definition) is 1. The summed E-state index contributed by atoms with van der Waals surface area (Å²) in [6.45, 7) is 6.56. The number of amides is 2. The molecule has 0 fully saturated rings. The Balaban J connectivity index is 2.08. The summed E-state index contributed by atoms with van der Waals surface area (Å²) in [7, 11) is -2.13. The summed E-state index contributed by atoms with van der Waals surface area (Å²) >= 11 is 6.30. The lowest BCUT2D eigenvalue weighted by Gasteiger charge is -2.29. The molecule has 1 atom stereocenters. The maximum absolute atomic E-state index is 13.2. The van der Waals surface area contributed by atoms with E-state index in [0.717, 1.165) is 5.56 Å². The van der Waals surface area contributed by atoms with Crippen molar-refractivity contribution in [3.8, 4) is 0 Å². The van der Waals surface area contributed by atoms with Crippen molar-refractivity contribution in [2.24, 2.45) is 5.92 Å². The molecule has 2 aromatic rings. The first-order valence-corrected chi connectivity index (χ1v) is 13.2. The minimum Gasteiger partial charge on any atom is -0.354 e. The highest BCUT2D eigenvalue weighted by Crippen LogP contribution is 2.20. The molecule has 0 saturated carbocycles. The maximum Gasteiger partial charge on any atom is 0.242 e. The van der Waals surface area contributed by atoms with Gasteiger partial charge in [-0.25, -0.2) is 12.7 Å². The average molecular weight is 508 g/mol. The SMILES string of the molecule is CC(C)CNC(=O)C(C)N(Cc1ccccc1Cl)C(=O)CCCN(C)S(=O)(=O)c1ccccc1. The molecule has 0 radical (unpaired) electrons. The van der Waals surface area contributed by atoms with E-state index >= 15 is 0 Å². The summed E-state index contributed by atoms with van der Waals surface area (Å²) in [5.74, 6) is -0.193. The molecule has 0 aliphatic carbocycles. The summed E-state index contributed by atoms with van der Waals surface area (Å²) in [4.78, 5) is 27.6.